The first-order valence-electron chi connectivity index (χ1n) is 16.1. The number of nitriles is 2. The molecule has 10 rings (SSSR count). The highest BCUT2D eigenvalue weighted by atomic mass is 16.3. The van der Waals surface area contributed by atoms with E-state index >= 15 is 0 Å². The van der Waals surface area contributed by atoms with Gasteiger partial charge in [0.05, 0.1) is 45.3 Å². The van der Waals surface area contributed by atoms with Crippen LogP contribution < -0.4 is 0 Å². The van der Waals surface area contributed by atoms with Crippen molar-refractivity contribution in [3.8, 4) is 34.6 Å². The standard InChI is InChI=1S/C44H24N4O/c45-25-27-15-19-40-37(21-27)33-11-1-3-13-39(33)47(40)31-9-5-7-29(23-31)30-8-6-10-32(24-30)48-41-20-16-28(26-46)22-38(41)35-17-18-36-34-12-2-4-14-42(34)49-44(36)43(35)48/h1-24H. The van der Waals surface area contributed by atoms with Crippen molar-refractivity contribution >= 4 is 65.6 Å². The number of rotatable bonds is 3. The number of furan rings is 1. The van der Waals surface area contributed by atoms with Gasteiger partial charge in [-0.1, -0.05) is 66.7 Å². The first kappa shape index (κ1) is 27.1. The summed E-state index contributed by atoms with van der Waals surface area (Å²) in [5.41, 5.74) is 11.3. The largest absolute Gasteiger partial charge is 0.454 e. The first-order chi connectivity index (χ1) is 24.2. The molecule has 3 aromatic heterocycles. The van der Waals surface area contributed by atoms with E-state index in [1.807, 2.05) is 60.7 Å². The second kappa shape index (κ2) is 10.2. The van der Waals surface area contributed by atoms with Crippen LogP contribution in [0.4, 0.5) is 0 Å². The van der Waals surface area contributed by atoms with E-state index in [9.17, 15) is 10.5 Å². The van der Waals surface area contributed by atoms with Crippen LogP contribution in [-0.4, -0.2) is 9.13 Å². The fourth-order valence-electron chi connectivity index (χ4n) is 7.59. The molecular weight excluding hydrogens is 601 g/mol. The fraction of sp³-hybridized carbons (Fsp3) is 0. The summed E-state index contributed by atoms with van der Waals surface area (Å²) in [5, 5.41) is 25.7. The van der Waals surface area contributed by atoms with Crippen molar-refractivity contribution < 1.29 is 4.42 Å². The smallest absolute Gasteiger partial charge is 0.160 e. The van der Waals surface area contributed by atoms with E-state index in [0.717, 1.165) is 88.1 Å². The molecule has 0 fully saturated rings. The number of para-hydroxylation sites is 2. The van der Waals surface area contributed by atoms with Gasteiger partial charge in [-0.15, -0.1) is 0 Å². The van der Waals surface area contributed by atoms with Gasteiger partial charge in [-0.05, 0) is 90.0 Å². The summed E-state index contributed by atoms with van der Waals surface area (Å²) in [6, 6.07) is 54.4. The molecule has 0 radical (unpaired) electrons. The van der Waals surface area contributed by atoms with Gasteiger partial charge in [0.2, 0.25) is 0 Å². The van der Waals surface area contributed by atoms with Crippen molar-refractivity contribution in [2.24, 2.45) is 0 Å². The number of hydrogen-bond acceptors (Lipinski definition) is 3. The van der Waals surface area contributed by atoms with Crippen LogP contribution in [0.25, 0.3) is 88.1 Å². The molecule has 10 aromatic rings. The van der Waals surface area contributed by atoms with E-state index in [2.05, 4.69) is 106 Å². The minimum Gasteiger partial charge on any atom is -0.454 e. The quantitative estimate of drug-likeness (QED) is 0.196. The summed E-state index contributed by atoms with van der Waals surface area (Å²) in [6.45, 7) is 0. The summed E-state index contributed by atoms with van der Waals surface area (Å²) in [6.07, 6.45) is 0. The lowest BCUT2D eigenvalue weighted by atomic mass is 10.0. The van der Waals surface area contributed by atoms with E-state index in [1.165, 1.54) is 0 Å². The maximum Gasteiger partial charge on any atom is 0.160 e. The molecule has 5 nitrogen and oxygen atoms in total. The molecule has 0 N–H and O–H groups in total. The van der Waals surface area contributed by atoms with E-state index in [4.69, 9.17) is 4.42 Å². The zero-order valence-electron chi connectivity index (χ0n) is 26.1. The Kier molecular flexibility index (Phi) is 5.64. The predicted octanol–water partition coefficient (Wildman–Crippen LogP) is 11.2. The van der Waals surface area contributed by atoms with Gasteiger partial charge in [0, 0.05) is 43.7 Å². The molecule has 0 spiro atoms. The van der Waals surface area contributed by atoms with Gasteiger partial charge in [-0.2, -0.15) is 10.5 Å². The van der Waals surface area contributed by atoms with Crippen LogP contribution in [0.3, 0.4) is 0 Å². The minimum absolute atomic E-state index is 0.621. The number of fused-ring (bicyclic) bond motifs is 10. The number of nitrogens with zero attached hydrogens (tertiary/aromatic N) is 4. The molecule has 5 heteroatoms. The molecular formula is C44H24N4O. The average molecular weight is 625 g/mol. The number of benzene rings is 7. The van der Waals surface area contributed by atoms with Crippen molar-refractivity contribution in [3.05, 3.63) is 157 Å². The lowest BCUT2D eigenvalue weighted by Crippen LogP contribution is -1.96. The topological polar surface area (TPSA) is 70.6 Å². The van der Waals surface area contributed by atoms with Crippen LogP contribution in [-0.2, 0) is 0 Å². The normalized spacial score (nSPS) is 11.6. The van der Waals surface area contributed by atoms with Gasteiger partial charge >= 0.3 is 0 Å². The zero-order chi connectivity index (χ0) is 32.6. The van der Waals surface area contributed by atoms with Crippen LogP contribution in [0.2, 0.25) is 0 Å². The Morgan fingerprint density at radius 1 is 0.429 bits per heavy atom. The van der Waals surface area contributed by atoms with E-state index < -0.39 is 0 Å². The third-order valence-electron chi connectivity index (χ3n) is 9.74. The lowest BCUT2D eigenvalue weighted by molar-refractivity contribution is 0.671. The molecule has 0 atom stereocenters. The molecule has 0 saturated heterocycles. The minimum atomic E-state index is 0.621. The summed E-state index contributed by atoms with van der Waals surface area (Å²) < 4.78 is 11.1. The second-order valence-electron chi connectivity index (χ2n) is 12.4. The van der Waals surface area contributed by atoms with Gasteiger partial charge in [0.1, 0.15) is 5.58 Å². The number of aromatic nitrogens is 2. The molecule has 0 aliphatic carbocycles. The molecule has 0 saturated carbocycles. The lowest BCUT2D eigenvalue weighted by Gasteiger charge is -2.13. The molecule has 0 aliphatic heterocycles. The molecule has 49 heavy (non-hydrogen) atoms. The zero-order valence-corrected chi connectivity index (χ0v) is 26.1. The average Bonchev–Trinajstić information content (AvgIpc) is 3.82. The highest BCUT2D eigenvalue weighted by Crippen LogP contribution is 2.41. The summed E-state index contributed by atoms with van der Waals surface area (Å²) in [4.78, 5) is 0. The van der Waals surface area contributed by atoms with Gasteiger partial charge in [0.15, 0.2) is 5.58 Å². The van der Waals surface area contributed by atoms with Gasteiger partial charge in [-0.25, -0.2) is 0 Å². The molecule has 7 aromatic carbocycles. The predicted molar refractivity (Wildman–Crippen MR) is 197 cm³/mol. The van der Waals surface area contributed by atoms with Crippen LogP contribution in [0, 0.1) is 22.7 Å². The van der Waals surface area contributed by atoms with Crippen molar-refractivity contribution in [1.82, 2.24) is 9.13 Å². The monoisotopic (exact) mass is 624 g/mol. The Morgan fingerprint density at radius 3 is 1.71 bits per heavy atom. The maximum absolute atomic E-state index is 9.76. The first-order valence-corrected chi connectivity index (χ1v) is 16.1. The Balaban J connectivity index is 1.20. The summed E-state index contributed by atoms with van der Waals surface area (Å²) in [7, 11) is 0. The molecule has 0 amide bonds. The molecule has 0 bridgehead atoms. The van der Waals surface area contributed by atoms with Crippen molar-refractivity contribution in [2.45, 2.75) is 0 Å². The molecule has 0 aliphatic rings. The Morgan fingerprint density at radius 2 is 1.00 bits per heavy atom. The van der Waals surface area contributed by atoms with Crippen molar-refractivity contribution in [2.75, 3.05) is 0 Å². The third kappa shape index (κ3) is 3.91. The summed E-state index contributed by atoms with van der Waals surface area (Å²) in [5.74, 6) is 0. The Hall–Kier alpha value is -7.08. The van der Waals surface area contributed by atoms with E-state index in [-0.39, 0.29) is 0 Å². The third-order valence-corrected chi connectivity index (χ3v) is 9.74. The van der Waals surface area contributed by atoms with Crippen LogP contribution in [0.5, 0.6) is 0 Å². The van der Waals surface area contributed by atoms with Crippen LogP contribution in [0.1, 0.15) is 11.1 Å². The highest BCUT2D eigenvalue weighted by molar-refractivity contribution is 6.21. The molecule has 0 unspecified atom stereocenters. The Labute approximate surface area is 280 Å². The molecule has 3 heterocycles. The second-order valence-corrected chi connectivity index (χ2v) is 12.4. The highest BCUT2D eigenvalue weighted by Gasteiger charge is 2.20. The van der Waals surface area contributed by atoms with E-state index in [1.54, 1.807) is 0 Å². The summed E-state index contributed by atoms with van der Waals surface area (Å²) >= 11 is 0. The molecule has 226 valence electrons. The van der Waals surface area contributed by atoms with E-state index in [0.29, 0.717) is 11.1 Å². The SMILES string of the molecule is N#Cc1ccc2c(c1)c1ccccc1n2-c1cccc(-c2cccc(-n3c4ccc(C#N)cc4c4ccc5c6ccccc6oc5c43)c2)c1. The van der Waals surface area contributed by atoms with Gasteiger partial charge in [-0.3, -0.25) is 0 Å². The number of hydrogen-bond donors (Lipinski definition) is 0. The van der Waals surface area contributed by atoms with Gasteiger partial charge in [0.25, 0.3) is 0 Å². The van der Waals surface area contributed by atoms with Crippen molar-refractivity contribution in [3.63, 3.8) is 0 Å². The Bertz CT molecular complexity index is 3090. The van der Waals surface area contributed by atoms with Crippen LogP contribution >= 0.6 is 0 Å². The van der Waals surface area contributed by atoms with Crippen molar-refractivity contribution in [1.29, 1.82) is 10.5 Å². The fourth-order valence-corrected chi connectivity index (χ4v) is 7.59. The maximum atomic E-state index is 9.76. The van der Waals surface area contributed by atoms with Gasteiger partial charge < -0.3 is 13.6 Å². The van der Waals surface area contributed by atoms with Crippen LogP contribution in [0.15, 0.2) is 150 Å².